The number of ether oxygens (including phenoxy) is 1. The van der Waals surface area contributed by atoms with Gasteiger partial charge in [0.15, 0.2) is 11.5 Å². The van der Waals surface area contributed by atoms with Crippen LogP contribution in [-0.4, -0.2) is 27.7 Å². The van der Waals surface area contributed by atoms with Crippen molar-refractivity contribution in [1.29, 1.82) is 0 Å². The number of carbonyl (C=O) groups is 1. The third kappa shape index (κ3) is 2.50. The number of nitrogens with zero attached hydrogens (tertiary/aromatic N) is 1. The Kier molecular flexibility index (Phi) is 3.05. The minimum absolute atomic E-state index is 0.0371. The van der Waals surface area contributed by atoms with Gasteiger partial charge in [0.25, 0.3) is 5.69 Å². The van der Waals surface area contributed by atoms with Crippen molar-refractivity contribution in [2.45, 2.75) is 12.8 Å². The minimum Gasteiger partial charge on any atom is -0.504 e. The van der Waals surface area contributed by atoms with E-state index >= 15 is 0 Å². The summed E-state index contributed by atoms with van der Waals surface area (Å²) in [5.74, 6) is -1.47. The monoisotopic (exact) mass is 253 g/mol. The molecule has 1 aliphatic rings. The topological polar surface area (TPSA) is 110 Å². The molecule has 7 nitrogen and oxygen atoms in total. The molecular weight excluding hydrogens is 242 g/mol. The van der Waals surface area contributed by atoms with Crippen LogP contribution in [0, 0.1) is 16.0 Å². The first-order chi connectivity index (χ1) is 8.49. The van der Waals surface area contributed by atoms with Gasteiger partial charge in [-0.2, -0.15) is 0 Å². The number of nitro groups is 1. The molecule has 0 saturated heterocycles. The Morgan fingerprint density at radius 1 is 1.50 bits per heavy atom. The third-order valence-corrected chi connectivity index (χ3v) is 2.68. The maximum Gasteiger partial charge on any atom is 0.342 e. The Balaban J connectivity index is 2.32. The van der Waals surface area contributed by atoms with Crippen LogP contribution < -0.4 is 4.74 Å². The fourth-order valence-corrected chi connectivity index (χ4v) is 1.49. The van der Waals surface area contributed by atoms with Gasteiger partial charge in [0.2, 0.25) is 0 Å². The number of hydrogen-bond acceptors (Lipinski definition) is 5. The highest BCUT2D eigenvalue weighted by Gasteiger charge is 2.26. The number of phenolic OH excluding ortho intramolecular Hbond substituents is 1. The van der Waals surface area contributed by atoms with Gasteiger partial charge < -0.3 is 14.9 Å². The van der Waals surface area contributed by atoms with E-state index in [-0.39, 0.29) is 5.75 Å². The summed E-state index contributed by atoms with van der Waals surface area (Å²) in [5, 5.41) is 29.1. The van der Waals surface area contributed by atoms with Gasteiger partial charge in [-0.05, 0) is 18.8 Å². The van der Waals surface area contributed by atoms with E-state index in [4.69, 9.17) is 9.84 Å². The lowest BCUT2D eigenvalue weighted by atomic mass is 10.1. The quantitative estimate of drug-likeness (QED) is 0.611. The molecule has 18 heavy (non-hydrogen) atoms. The summed E-state index contributed by atoms with van der Waals surface area (Å²) in [4.78, 5) is 20.7. The lowest BCUT2D eigenvalue weighted by molar-refractivity contribution is -0.385. The van der Waals surface area contributed by atoms with Crippen LogP contribution >= 0.6 is 0 Å². The second-order valence-electron chi connectivity index (χ2n) is 4.15. The predicted molar refractivity (Wildman–Crippen MR) is 59.9 cm³/mol. The smallest absolute Gasteiger partial charge is 0.342 e. The van der Waals surface area contributed by atoms with Crippen molar-refractivity contribution in [3.05, 3.63) is 27.8 Å². The second-order valence-corrected chi connectivity index (χ2v) is 4.15. The molecule has 2 N–H and O–H groups in total. The average molecular weight is 253 g/mol. The van der Waals surface area contributed by atoms with Gasteiger partial charge >= 0.3 is 5.97 Å². The number of aromatic hydroxyl groups is 1. The molecule has 0 atom stereocenters. The highest BCUT2D eigenvalue weighted by atomic mass is 16.6. The van der Waals surface area contributed by atoms with Crippen LogP contribution in [0.15, 0.2) is 12.1 Å². The number of nitro benzene ring substituents is 1. The maximum atomic E-state index is 10.9. The van der Waals surface area contributed by atoms with Crippen LogP contribution in [0.2, 0.25) is 0 Å². The Morgan fingerprint density at radius 2 is 2.17 bits per heavy atom. The van der Waals surface area contributed by atoms with E-state index in [1.54, 1.807) is 0 Å². The summed E-state index contributed by atoms with van der Waals surface area (Å²) in [6.07, 6.45) is 2.08. The molecule has 2 rings (SSSR count). The summed E-state index contributed by atoms with van der Waals surface area (Å²) in [5.41, 5.74) is -1.15. The molecule has 1 aliphatic carbocycles. The molecule has 1 aromatic rings. The Morgan fingerprint density at radius 3 is 2.67 bits per heavy atom. The number of carboxylic acid groups (broad SMARTS) is 1. The predicted octanol–water partition coefficient (Wildman–Crippen LogP) is 1.79. The summed E-state index contributed by atoms with van der Waals surface area (Å²) in [6.45, 7) is 0.379. The molecule has 0 spiro atoms. The van der Waals surface area contributed by atoms with E-state index in [9.17, 15) is 20.0 Å². The maximum absolute atomic E-state index is 10.9. The Hall–Kier alpha value is -2.31. The normalized spacial score (nSPS) is 14.2. The molecule has 0 radical (unpaired) electrons. The van der Waals surface area contributed by atoms with Crippen molar-refractivity contribution in [3.8, 4) is 11.5 Å². The summed E-state index contributed by atoms with van der Waals surface area (Å²) < 4.78 is 5.25. The minimum atomic E-state index is -1.43. The fourth-order valence-electron chi connectivity index (χ4n) is 1.49. The van der Waals surface area contributed by atoms with Crippen LogP contribution in [0.5, 0.6) is 11.5 Å². The van der Waals surface area contributed by atoms with Crippen molar-refractivity contribution in [2.24, 2.45) is 5.92 Å². The average Bonchev–Trinajstić information content (AvgIpc) is 3.10. The van der Waals surface area contributed by atoms with Crippen molar-refractivity contribution in [2.75, 3.05) is 6.61 Å². The summed E-state index contributed by atoms with van der Waals surface area (Å²) in [6, 6.07) is 1.78. The van der Waals surface area contributed by atoms with Crippen LogP contribution in [0.1, 0.15) is 23.2 Å². The van der Waals surface area contributed by atoms with Gasteiger partial charge in [0, 0.05) is 6.07 Å². The van der Waals surface area contributed by atoms with Gasteiger partial charge in [0.1, 0.15) is 5.56 Å². The van der Waals surface area contributed by atoms with Crippen molar-refractivity contribution < 1.29 is 24.7 Å². The zero-order valence-corrected chi connectivity index (χ0v) is 9.33. The van der Waals surface area contributed by atoms with Gasteiger partial charge in [-0.3, -0.25) is 10.1 Å². The van der Waals surface area contributed by atoms with Gasteiger partial charge in [-0.25, -0.2) is 4.79 Å². The van der Waals surface area contributed by atoms with Crippen molar-refractivity contribution in [3.63, 3.8) is 0 Å². The molecule has 1 saturated carbocycles. The molecule has 1 fully saturated rings. The first-order valence-electron chi connectivity index (χ1n) is 5.36. The third-order valence-electron chi connectivity index (χ3n) is 2.68. The SMILES string of the molecule is O=C(O)c1cc(OCC2CC2)c(O)cc1[N+](=O)[O-]. The summed E-state index contributed by atoms with van der Waals surface area (Å²) in [7, 11) is 0. The fraction of sp³-hybridized carbons (Fsp3) is 0.364. The van der Waals surface area contributed by atoms with E-state index in [2.05, 4.69) is 0 Å². The Bertz CT molecular complexity index is 509. The first-order valence-corrected chi connectivity index (χ1v) is 5.36. The largest absolute Gasteiger partial charge is 0.504 e. The van der Waals surface area contributed by atoms with Crippen LogP contribution in [0.25, 0.3) is 0 Å². The highest BCUT2D eigenvalue weighted by Crippen LogP contribution is 2.36. The molecule has 0 aliphatic heterocycles. The second kappa shape index (κ2) is 4.52. The molecule has 0 aromatic heterocycles. The number of phenols is 1. The summed E-state index contributed by atoms with van der Waals surface area (Å²) >= 11 is 0. The number of carboxylic acids is 1. The molecule has 7 heteroatoms. The molecule has 0 amide bonds. The molecule has 0 heterocycles. The van der Waals surface area contributed by atoms with E-state index in [0.717, 1.165) is 25.0 Å². The molecule has 1 aromatic carbocycles. The Labute approximate surface area is 102 Å². The number of rotatable bonds is 5. The number of hydrogen-bond donors (Lipinski definition) is 2. The van der Waals surface area contributed by atoms with Crippen LogP contribution in [0.4, 0.5) is 5.69 Å². The molecule has 0 bridgehead atoms. The van der Waals surface area contributed by atoms with Crippen LogP contribution in [0.3, 0.4) is 0 Å². The molecule has 0 unspecified atom stereocenters. The van der Waals surface area contributed by atoms with Crippen molar-refractivity contribution in [1.82, 2.24) is 0 Å². The van der Waals surface area contributed by atoms with E-state index in [0.29, 0.717) is 12.5 Å². The van der Waals surface area contributed by atoms with E-state index in [1.807, 2.05) is 0 Å². The van der Waals surface area contributed by atoms with E-state index in [1.165, 1.54) is 0 Å². The first kappa shape index (κ1) is 12.2. The number of benzene rings is 1. The lowest BCUT2D eigenvalue weighted by Crippen LogP contribution is -2.05. The number of aromatic carboxylic acids is 1. The zero-order chi connectivity index (χ0) is 13.3. The standard InChI is InChI=1S/C11H11NO6/c13-9-4-8(12(16)17)7(11(14)15)3-10(9)18-5-6-1-2-6/h3-4,6,13H,1-2,5H2,(H,14,15). The lowest BCUT2D eigenvalue weighted by Gasteiger charge is -2.08. The van der Waals surface area contributed by atoms with Gasteiger partial charge in [-0.15, -0.1) is 0 Å². The van der Waals surface area contributed by atoms with E-state index < -0.39 is 27.9 Å². The van der Waals surface area contributed by atoms with Crippen molar-refractivity contribution >= 4 is 11.7 Å². The highest BCUT2D eigenvalue weighted by molar-refractivity contribution is 5.93. The molecular formula is C11H11NO6. The van der Waals surface area contributed by atoms with Gasteiger partial charge in [0.05, 0.1) is 17.6 Å². The zero-order valence-electron chi connectivity index (χ0n) is 9.33. The van der Waals surface area contributed by atoms with Gasteiger partial charge in [-0.1, -0.05) is 0 Å². The van der Waals surface area contributed by atoms with Crippen LogP contribution in [-0.2, 0) is 0 Å². The molecule has 96 valence electrons.